The van der Waals surface area contributed by atoms with Gasteiger partial charge in [-0.3, -0.25) is 4.79 Å². The standard InChI is InChI=1S/C24H42N2O4.C15H18FNO6/c1-21(6-4-7-22(2)11-13-24-8-5-9-24)10-12-23(3)26-30-19-18-29-17-16-28-15-14-25-20-27;1-8-4-9(7-22-15(16)21)2-3-11(8)17-13-6-10(18)5-12(23-13)14(19)20/h6,11,20,24H,4-5,7-10,12-19H2,1-3H3,(H,25,27);2-4,10,12-13,17-18H,5-7H2,1H3,(H,19,20)/b21-6+,22-11+,26-23+;. The number of allylic oxidation sites excluding steroid dienone is 4. The molecule has 1 amide bonds. The third kappa shape index (κ3) is 21.4. The normalized spacial score (nSPS) is 19.4. The highest BCUT2D eigenvalue weighted by molar-refractivity contribution is 5.81. The second-order valence-corrected chi connectivity index (χ2v) is 13.5. The van der Waals surface area contributed by atoms with Crippen molar-refractivity contribution < 1.29 is 52.8 Å². The van der Waals surface area contributed by atoms with Crippen LogP contribution in [0.3, 0.4) is 0 Å². The zero-order chi connectivity index (χ0) is 38.8. The first-order chi connectivity index (χ1) is 25.5. The summed E-state index contributed by atoms with van der Waals surface area (Å²) in [7, 11) is 0. The number of hydrogen-bond acceptors (Lipinski definition) is 11. The van der Waals surface area contributed by atoms with Gasteiger partial charge in [0.25, 0.3) is 0 Å². The van der Waals surface area contributed by atoms with Crippen molar-refractivity contribution in [1.82, 2.24) is 5.32 Å². The molecule has 13 nitrogen and oxygen atoms in total. The Bertz CT molecular complexity index is 1330. The molecule has 1 aromatic rings. The largest absolute Gasteiger partial charge is 0.495 e. The van der Waals surface area contributed by atoms with E-state index in [0.717, 1.165) is 36.5 Å². The summed E-state index contributed by atoms with van der Waals surface area (Å²) in [5.41, 5.74) is 6.04. The van der Waals surface area contributed by atoms with Gasteiger partial charge in [-0.25, -0.2) is 9.59 Å². The van der Waals surface area contributed by atoms with Crippen LogP contribution >= 0.6 is 0 Å². The van der Waals surface area contributed by atoms with E-state index in [-0.39, 0.29) is 19.4 Å². The zero-order valence-corrected chi connectivity index (χ0v) is 31.8. The Morgan fingerprint density at radius 2 is 1.72 bits per heavy atom. The van der Waals surface area contributed by atoms with E-state index in [2.05, 4.69) is 46.5 Å². The Morgan fingerprint density at radius 1 is 1.00 bits per heavy atom. The molecule has 298 valence electrons. The highest BCUT2D eigenvalue weighted by Gasteiger charge is 2.32. The van der Waals surface area contributed by atoms with Crippen LogP contribution in [0, 0.1) is 12.8 Å². The second-order valence-electron chi connectivity index (χ2n) is 13.5. The van der Waals surface area contributed by atoms with Gasteiger partial charge in [-0.2, -0.15) is 0 Å². The van der Waals surface area contributed by atoms with Crippen LogP contribution in [-0.4, -0.2) is 92.5 Å². The van der Waals surface area contributed by atoms with Gasteiger partial charge in [-0.1, -0.05) is 59.8 Å². The van der Waals surface area contributed by atoms with Crippen LogP contribution in [0.2, 0.25) is 0 Å². The molecule has 3 rings (SSSR count). The molecular formula is C39H60FN3O10. The van der Waals surface area contributed by atoms with Crippen LogP contribution in [-0.2, 0) is 40.0 Å². The van der Waals surface area contributed by atoms with E-state index >= 15 is 0 Å². The number of nitrogens with zero attached hydrogens (tertiary/aromatic N) is 1. The smallest absolute Gasteiger partial charge is 0.479 e. The molecule has 2 aliphatic rings. The molecule has 53 heavy (non-hydrogen) atoms. The predicted octanol–water partition coefficient (Wildman–Crippen LogP) is 6.76. The average Bonchev–Trinajstić information content (AvgIpc) is 3.09. The van der Waals surface area contributed by atoms with Crippen molar-refractivity contribution in [1.29, 1.82) is 0 Å². The van der Waals surface area contributed by atoms with E-state index in [1.54, 1.807) is 25.1 Å². The highest BCUT2D eigenvalue weighted by atomic mass is 19.1. The number of carboxylic acid groups (broad SMARTS) is 1. The molecule has 1 saturated heterocycles. The molecule has 1 aromatic carbocycles. The number of aliphatic carboxylic acids is 1. The van der Waals surface area contributed by atoms with E-state index in [1.807, 2.05) is 6.92 Å². The SMILES string of the molecule is C/C(=C\CC1CCC1)CC/C=C(\C)CC/C(C)=N/OCCOCCOCCNC=O.Cc1cc(COC(=O)F)ccc1NC1CC(O)CC(C(=O)O)O1. The number of rotatable bonds is 24. The van der Waals surface area contributed by atoms with Crippen LogP contribution in [0.25, 0.3) is 0 Å². The Kier molecular flexibility index (Phi) is 22.9. The minimum atomic E-state index is -1.84. The molecule has 0 radical (unpaired) electrons. The number of anilines is 1. The number of carbonyl (C=O) groups excluding carboxylic acids is 2. The number of halogens is 1. The van der Waals surface area contributed by atoms with Crippen molar-refractivity contribution in [2.45, 2.75) is 117 Å². The number of carbonyl (C=O) groups is 3. The molecule has 3 atom stereocenters. The quantitative estimate of drug-likeness (QED) is 0.0219. The number of oxime groups is 1. The number of hydrogen-bond donors (Lipinski definition) is 4. The molecule has 1 aliphatic carbocycles. The van der Waals surface area contributed by atoms with Crippen LogP contribution in [0.4, 0.5) is 14.9 Å². The van der Waals surface area contributed by atoms with Crippen molar-refractivity contribution in [2.24, 2.45) is 11.1 Å². The molecule has 2 fully saturated rings. The van der Waals surface area contributed by atoms with Gasteiger partial charge >= 0.3 is 12.2 Å². The molecule has 0 bridgehead atoms. The van der Waals surface area contributed by atoms with Gasteiger partial charge in [0, 0.05) is 25.1 Å². The number of amides is 1. The minimum absolute atomic E-state index is 0.0556. The van der Waals surface area contributed by atoms with E-state index in [4.69, 9.17) is 24.2 Å². The monoisotopic (exact) mass is 749 g/mol. The lowest BCUT2D eigenvalue weighted by Crippen LogP contribution is -2.43. The van der Waals surface area contributed by atoms with Gasteiger partial charge in [0.1, 0.15) is 19.4 Å². The van der Waals surface area contributed by atoms with Crippen molar-refractivity contribution in [3.8, 4) is 0 Å². The zero-order valence-electron chi connectivity index (χ0n) is 31.8. The van der Waals surface area contributed by atoms with Crippen LogP contribution in [0.1, 0.15) is 96.1 Å². The lowest BCUT2D eigenvalue weighted by molar-refractivity contribution is -0.163. The molecular weight excluding hydrogens is 689 g/mol. The summed E-state index contributed by atoms with van der Waals surface area (Å²) in [5, 5.41) is 28.5. The minimum Gasteiger partial charge on any atom is -0.479 e. The summed E-state index contributed by atoms with van der Waals surface area (Å²) in [6, 6.07) is 5.04. The van der Waals surface area contributed by atoms with Gasteiger partial charge < -0.3 is 44.6 Å². The molecule has 1 saturated carbocycles. The summed E-state index contributed by atoms with van der Waals surface area (Å²) >= 11 is 0. The number of aliphatic hydroxyl groups excluding tert-OH is 1. The lowest BCUT2D eigenvalue weighted by Gasteiger charge is -2.32. The van der Waals surface area contributed by atoms with E-state index in [1.165, 1.54) is 43.3 Å². The number of carboxylic acids is 1. The lowest BCUT2D eigenvalue weighted by atomic mass is 9.82. The van der Waals surface area contributed by atoms with Crippen molar-refractivity contribution in [3.05, 3.63) is 52.6 Å². The Morgan fingerprint density at radius 3 is 2.38 bits per heavy atom. The summed E-state index contributed by atoms with van der Waals surface area (Å²) < 4.78 is 32.4. The first kappa shape index (κ1) is 45.3. The summed E-state index contributed by atoms with van der Waals surface area (Å²) in [4.78, 5) is 36.5. The summed E-state index contributed by atoms with van der Waals surface area (Å²) in [5.74, 6) is -0.152. The number of ether oxygens (including phenoxy) is 4. The van der Waals surface area contributed by atoms with Gasteiger partial charge in [-0.05, 0) is 82.9 Å². The summed E-state index contributed by atoms with van der Waals surface area (Å²) in [6.07, 6.45) is 11.3. The topological polar surface area (TPSA) is 174 Å². The van der Waals surface area contributed by atoms with Crippen LogP contribution < -0.4 is 10.6 Å². The fourth-order valence-electron chi connectivity index (χ4n) is 5.48. The second kappa shape index (κ2) is 26.8. The Balaban J connectivity index is 0.000000379. The first-order valence-corrected chi connectivity index (χ1v) is 18.5. The molecule has 1 aliphatic heterocycles. The number of benzene rings is 1. The van der Waals surface area contributed by atoms with E-state index in [0.29, 0.717) is 57.2 Å². The fraction of sp³-hybridized carbons (Fsp3) is 0.641. The third-order valence-electron chi connectivity index (χ3n) is 8.86. The summed E-state index contributed by atoms with van der Waals surface area (Å²) in [6.45, 7) is 11.0. The highest BCUT2D eigenvalue weighted by Crippen LogP contribution is 2.30. The third-order valence-corrected chi connectivity index (χ3v) is 8.86. The maximum atomic E-state index is 12.1. The van der Waals surface area contributed by atoms with Crippen LogP contribution in [0.5, 0.6) is 0 Å². The Hall–Kier alpha value is -3.85. The van der Waals surface area contributed by atoms with E-state index in [9.17, 15) is 23.9 Å². The maximum absolute atomic E-state index is 12.1. The van der Waals surface area contributed by atoms with Crippen LogP contribution in [0.15, 0.2) is 46.7 Å². The number of nitrogens with one attached hydrogen (secondary N) is 2. The first-order valence-electron chi connectivity index (χ1n) is 18.5. The average molecular weight is 750 g/mol. The Labute approximate surface area is 313 Å². The molecule has 0 spiro atoms. The fourth-order valence-corrected chi connectivity index (χ4v) is 5.48. The van der Waals surface area contributed by atoms with E-state index < -0.39 is 30.6 Å². The maximum Gasteiger partial charge on any atom is 0.495 e. The van der Waals surface area contributed by atoms with Crippen molar-refractivity contribution in [3.63, 3.8) is 0 Å². The van der Waals surface area contributed by atoms with Gasteiger partial charge in [-0.15, -0.1) is 4.39 Å². The predicted molar refractivity (Wildman–Crippen MR) is 200 cm³/mol. The molecule has 4 N–H and O–H groups in total. The number of aliphatic hydroxyl groups is 1. The van der Waals surface area contributed by atoms with Gasteiger partial charge in [0.2, 0.25) is 6.41 Å². The molecule has 14 heteroatoms. The number of aryl methyl sites for hydroxylation is 1. The van der Waals surface area contributed by atoms with Crippen molar-refractivity contribution >= 4 is 30.0 Å². The van der Waals surface area contributed by atoms with Crippen molar-refractivity contribution in [2.75, 3.05) is 44.9 Å². The molecule has 3 unspecified atom stereocenters. The molecule has 1 heterocycles. The van der Waals surface area contributed by atoms with Gasteiger partial charge in [0.05, 0.1) is 38.2 Å². The van der Waals surface area contributed by atoms with Gasteiger partial charge in [0.15, 0.2) is 6.10 Å². The molecule has 0 aromatic heterocycles.